The molecule has 1 saturated heterocycles. The van der Waals surface area contributed by atoms with Gasteiger partial charge >= 0.3 is 0 Å². The summed E-state index contributed by atoms with van der Waals surface area (Å²) in [4.78, 5) is 31.8. The van der Waals surface area contributed by atoms with Gasteiger partial charge in [0.2, 0.25) is 0 Å². The molecule has 2 aliphatic rings. The third-order valence-corrected chi connectivity index (χ3v) is 6.26. The Hall–Kier alpha value is -3.64. The van der Waals surface area contributed by atoms with E-state index >= 15 is 0 Å². The Bertz CT molecular complexity index is 1260. The third kappa shape index (κ3) is 3.98. The number of aliphatic hydroxyl groups excluding tert-OH is 1. The predicted octanol–water partition coefficient (Wildman–Crippen LogP) is 4.68. The van der Waals surface area contributed by atoms with Crippen molar-refractivity contribution in [2.75, 3.05) is 6.61 Å². The number of amides is 1. The van der Waals surface area contributed by atoms with Crippen LogP contribution in [0.25, 0.3) is 5.76 Å². The maximum atomic E-state index is 13.2. The molecule has 1 atom stereocenters. The lowest BCUT2D eigenvalue weighted by Gasteiger charge is -2.25. The molecule has 1 amide bonds. The SMILES string of the molecule is O=C1C(=O)N(Cc2ccncc2)C(c2ccc(Cl)cc2)/C1=C(/O)c1ccc2c(c1)CCCO2. The van der Waals surface area contributed by atoms with Crippen molar-refractivity contribution in [3.8, 4) is 5.75 Å². The van der Waals surface area contributed by atoms with Crippen LogP contribution in [0.3, 0.4) is 0 Å². The van der Waals surface area contributed by atoms with Crippen molar-refractivity contribution in [3.63, 3.8) is 0 Å². The van der Waals surface area contributed by atoms with Crippen LogP contribution in [0, 0.1) is 0 Å². The highest BCUT2D eigenvalue weighted by Gasteiger charge is 2.46. The monoisotopic (exact) mass is 460 g/mol. The van der Waals surface area contributed by atoms with E-state index in [1.807, 2.05) is 6.07 Å². The van der Waals surface area contributed by atoms with Crippen molar-refractivity contribution < 1.29 is 19.4 Å². The molecule has 5 rings (SSSR count). The smallest absolute Gasteiger partial charge is 0.295 e. The molecule has 0 radical (unpaired) electrons. The van der Waals surface area contributed by atoms with Crippen molar-refractivity contribution in [3.05, 3.63) is 99.8 Å². The lowest BCUT2D eigenvalue weighted by molar-refractivity contribution is -0.140. The molecular weight excluding hydrogens is 440 g/mol. The topological polar surface area (TPSA) is 79.7 Å². The summed E-state index contributed by atoms with van der Waals surface area (Å²) >= 11 is 6.08. The molecule has 3 heterocycles. The molecule has 0 spiro atoms. The summed E-state index contributed by atoms with van der Waals surface area (Å²) < 4.78 is 5.66. The van der Waals surface area contributed by atoms with Gasteiger partial charge in [-0.15, -0.1) is 0 Å². The highest BCUT2D eigenvalue weighted by molar-refractivity contribution is 6.46. The van der Waals surface area contributed by atoms with Gasteiger partial charge in [0.05, 0.1) is 18.2 Å². The average molecular weight is 461 g/mol. The minimum absolute atomic E-state index is 0.0630. The first kappa shape index (κ1) is 21.2. The van der Waals surface area contributed by atoms with Gasteiger partial charge in [0, 0.05) is 29.5 Å². The fourth-order valence-electron chi connectivity index (χ4n) is 4.38. The number of Topliss-reactive ketones (excluding diaryl/α,β-unsaturated/α-hetero) is 1. The van der Waals surface area contributed by atoms with Crippen molar-refractivity contribution in [2.24, 2.45) is 0 Å². The van der Waals surface area contributed by atoms with Crippen LogP contribution in [-0.4, -0.2) is 33.3 Å². The minimum atomic E-state index is -0.747. The van der Waals surface area contributed by atoms with Crippen molar-refractivity contribution in [2.45, 2.75) is 25.4 Å². The minimum Gasteiger partial charge on any atom is -0.507 e. The maximum Gasteiger partial charge on any atom is 0.295 e. The summed E-state index contributed by atoms with van der Waals surface area (Å²) in [7, 11) is 0. The van der Waals surface area contributed by atoms with Crippen LogP contribution in [-0.2, 0) is 22.6 Å². The van der Waals surface area contributed by atoms with Gasteiger partial charge in [0.1, 0.15) is 11.5 Å². The molecule has 33 heavy (non-hydrogen) atoms. The van der Waals surface area contributed by atoms with E-state index in [-0.39, 0.29) is 17.9 Å². The largest absolute Gasteiger partial charge is 0.507 e. The number of aryl methyl sites for hydroxylation is 1. The van der Waals surface area contributed by atoms with Crippen LogP contribution < -0.4 is 4.74 Å². The first-order valence-corrected chi connectivity index (χ1v) is 11.1. The molecule has 6 nitrogen and oxygen atoms in total. The van der Waals surface area contributed by atoms with Crippen molar-refractivity contribution in [1.82, 2.24) is 9.88 Å². The number of pyridine rings is 1. The fraction of sp³-hybridized carbons (Fsp3) is 0.192. The van der Waals surface area contributed by atoms with E-state index in [0.29, 0.717) is 22.8 Å². The maximum absolute atomic E-state index is 13.2. The zero-order chi connectivity index (χ0) is 22.9. The Morgan fingerprint density at radius 1 is 1.09 bits per heavy atom. The number of aromatic nitrogens is 1. The summed E-state index contributed by atoms with van der Waals surface area (Å²) in [6.07, 6.45) is 4.99. The zero-order valence-corrected chi connectivity index (χ0v) is 18.5. The van der Waals surface area contributed by atoms with E-state index in [4.69, 9.17) is 16.3 Å². The lowest BCUT2D eigenvalue weighted by Crippen LogP contribution is -2.29. The van der Waals surface area contributed by atoms with E-state index in [2.05, 4.69) is 4.98 Å². The van der Waals surface area contributed by atoms with Gasteiger partial charge in [-0.2, -0.15) is 0 Å². The molecule has 1 unspecified atom stereocenters. The van der Waals surface area contributed by atoms with Gasteiger partial charge in [0.15, 0.2) is 0 Å². The fourth-order valence-corrected chi connectivity index (χ4v) is 4.51. The van der Waals surface area contributed by atoms with Gasteiger partial charge in [-0.3, -0.25) is 14.6 Å². The lowest BCUT2D eigenvalue weighted by atomic mass is 9.94. The van der Waals surface area contributed by atoms with Crippen LogP contribution in [0.1, 0.15) is 34.7 Å². The number of ether oxygens (including phenoxy) is 1. The van der Waals surface area contributed by atoms with Crippen molar-refractivity contribution >= 4 is 29.1 Å². The summed E-state index contributed by atoms with van der Waals surface area (Å²) in [6.45, 7) is 0.865. The highest BCUT2D eigenvalue weighted by Crippen LogP contribution is 2.41. The third-order valence-electron chi connectivity index (χ3n) is 6.01. The van der Waals surface area contributed by atoms with E-state index in [1.165, 1.54) is 4.90 Å². The molecule has 0 bridgehead atoms. The number of benzene rings is 2. The van der Waals surface area contributed by atoms with E-state index in [0.717, 1.165) is 29.7 Å². The standard InChI is InChI=1S/C26H21ClN2O4/c27-20-6-3-17(4-7-20)23-22(24(30)19-5-8-21-18(14-19)2-1-13-33-21)25(31)26(32)29(23)15-16-9-11-28-12-10-16/h3-12,14,23,30H,1-2,13,15H2/b24-22-. The number of carbonyl (C=O) groups excluding carboxylic acids is 2. The van der Waals surface area contributed by atoms with Gasteiger partial charge in [0.25, 0.3) is 11.7 Å². The molecule has 1 fully saturated rings. The number of nitrogens with zero attached hydrogens (tertiary/aromatic N) is 2. The van der Waals surface area contributed by atoms with Crippen LogP contribution in [0.2, 0.25) is 5.02 Å². The molecule has 166 valence electrons. The summed E-state index contributed by atoms with van der Waals surface area (Å²) in [5.74, 6) is -0.783. The van der Waals surface area contributed by atoms with E-state index in [9.17, 15) is 14.7 Å². The second-order valence-electron chi connectivity index (χ2n) is 8.11. The Labute approximate surface area is 196 Å². The Morgan fingerprint density at radius 3 is 2.61 bits per heavy atom. The Balaban J connectivity index is 1.63. The molecule has 1 aromatic heterocycles. The molecule has 0 saturated carbocycles. The van der Waals surface area contributed by atoms with Gasteiger partial charge in [-0.05, 0) is 72.0 Å². The van der Waals surface area contributed by atoms with Crippen LogP contribution in [0.4, 0.5) is 0 Å². The van der Waals surface area contributed by atoms with E-state index < -0.39 is 17.7 Å². The van der Waals surface area contributed by atoms with Crippen LogP contribution >= 0.6 is 11.6 Å². The second-order valence-corrected chi connectivity index (χ2v) is 8.54. The quantitative estimate of drug-likeness (QED) is 0.347. The number of ketones is 1. The molecular formula is C26H21ClN2O4. The molecule has 3 aromatic rings. The van der Waals surface area contributed by atoms with Crippen LogP contribution in [0.15, 0.2) is 72.6 Å². The van der Waals surface area contributed by atoms with Crippen LogP contribution in [0.5, 0.6) is 5.75 Å². The average Bonchev–Trinajstić information content (AvgIpc) is 3.09. The molecule has 0 aliphatic carbocycles. The van der Waals surface area contributed by atoms with Gasteiger partial charge in [-0.1, -0.05) is 23.7 Å². The number of fused-ring (bicyclic) bond motifs is 1. The molecule has 7 heteroatoms. The van der Waals surface area contributed by atoms with Crippen molar-refractivity contribution in [1.29, 1.82) is 0 Å². The highest BCUT2D eigenvalue weighted by atomic mass is 35.5. The number of aliphatic hydroxyl groups is 1. The van der Waals surface area contributed by atoms with Gasteiger partial charge < -0.3 is 14.7 Å². The number of hydrogen-bond acceptors (Lipinski definition) is 5. The molecule has 2 aliphatic heterocycles. The number of carbonyl (C=O) groups is 2. The van der Waals surface area contributed by atoms with Gasteiger partial charge in [-0.25, -0.2) is 0 Å². The summed E-state index contributed by atoms with van der Waals surface area (Å²) in [5.41, 5.74) is 3.04. The Morgan fingerprint density at radius 2 is 1.85 bits per heavy atom. The number of rotatable bonds is 4. The zero-order valence-electron chi connectivity index (χ0n) is 17.7. The number of hydrogen-bond donors (Lipinski definition) is 1. The summed E-state index contributed by atoms with van der Waals surface area (Å²) in [5, 5.41) is 11.8. The first-order chi connectivity index (χ1) is 16.0. The molecule has 1 N–H and O–H groups in total. The second kappa shape index (κ2) is 8.71. The predicted molar refractivity (Wildman–Crippen MR) is 124 cm³/mol. The Kier molecular flexibility index (Phi) is 5.60. The molecule has 2 aromatic carbocycles. The number of halogens is 1. The first-order valence-electron chi connectivity index (χ1n) is 10.7. The normalized spacial score (nSPS) is 19.3. The van der Waals surface area contributed by atoms with E-state index in [1.54, 1.807) is 60.9 Å². The number of likely N-dealkylation sites (tertiary alicyclic amines) is 1. The summed E-state index contributed by atoms with van der Waals surface area (Å²) in [6, 6.07) is 15.1.